The molecule has 0 radical (unpaired) electrons. The minimum Gasteiger partial charge on any atom is -0.483 e. The van der Waals surface area contributed by atoms with Gasteiger partial charge >= 0.3 is 5.69 Å². The van der Waals surface area contributed by atoms with Gasteiger partial charge in [0.25, 0.3) is 5.69 Å². The fourth-order valence-electron chi connectivity index (χ4n) is 4.10. The minimum atomic E-state index is -0.634. The maximum Gasteiger partial charge on any atom is 0.317 e. The quantitative estimate of drug-likeness (QED) is 0.627. The van der Waals surface area contributed by atoms with Crippen molar-refractivity contribution in [2.24, 2.45) is 23.7 Å². The Hall–Kier alpha value is -2.18. The van der Waals surface area contributed by atoms with Crippen LogP contribution in [0.2, 0.25) is 0 Å². The highest BCUT2D eigenvalue weighted by molar-refractivity contribution is 5.53. The lowest BCUT2D eigenvalue weighted by Crippen LogP contribution is -2.35. The topological polar surface area (TPSA) is 95.5 Å². The molecule has 0 amide bonds. The van der Waals surface area contributed by atoms with E-state index in [9.17, 15) is 20.2 Å². The first kappa shape index (κ1) is 12.6. The average molecular weight is 290 g/mol. The van der Waals surface area contributed by atoms with Gasteiger partial charge in [0.15, 0.2) is 5.75 Å². The van der Waals surface area contributed by atoms with E-state index in [1.54, 1.807) is 0 Å². The number of hydrogen-bond acceptors (Lipinski definition) is 5. The van der Waals surface area contributed by atoms with Gasteiger partial charge in [-0.05, 0) is 49.0 Å². The molecule has 21 heavy (non-hydrogen) atoms. The van der Waals surface area contributed by atoms with Crippen molar-refractivity contribution in [3.05, 3.63) is 38.4 Å². The van der Waals surface area contributed by atoms with E-state index in [1.807, 2.05) is 0 Å². The van der Waals surface area contributed by atoms with Crippen LogP contribution in [0, 0.1) is 43.9 Å². The van der Waals surface area contributed by atoms with Gasteiger partial charge in [0.1, 0.15) is 6.10 Å². The number of nitro groups is 2. The molecule has 0 aromatic heterocycles. The van der Waals surface area contributed by atoms with Crippen LogP contribution in [0.25, 0.3) is 0 Å². The molecule has 3 fully saturated rings. The molecular formula is C14H14N2O5. The van der Waals surface area contributed by atoms with Gasteiger partial charge in [-0.1, -0.05) is 0 Å². The molecule has 0 unspecified atom stereocenters. The normalized spacial score (nSPS) is 35.3. The summed E-state index contributed by atoms with van der Waals surface area (Å²) in [5, 5.41) is 21.9. The summed E-state index contributed by atoms with van der Waals surface area (Å²) in [5.41, 5.74) is -0.601. The molecule has 5 atom stereocenters. The second kappa shape index (κ2) is 4.16. The maximum atomic E-state index is 11.1. The Kier molecular flexibility index (Phi) is 2.49. The predicted octanol–water partition coefficient (Wildman–Crippen LogP) is 2.93. The van der Waals surface area contributed by atoms with Crippen LogP contribution in [0.1, 0.15) is 19.3 Å². The highest BCUT2D eigenvalue weighted by Gasteiger charge is 2.64. The van der Waals surface area contributed by atoms with Gasteiger partial charge in [0, 0.05) is 6.07 Å². The van der Waals surface area contributed by atoms with Gasteiger partial charge < -0.3 is 4.74 Å². The summed E-state index contributed by atoms with van der Waals surface area (Å²) in [6, 6.07) is 3.60. The van der Waals surface area contributed by atoms with E-state index in [4.69, 9.17) is 4.74 Å². The van der Waals surface area contributed by atoms with Crippen molar-refractivity contribution in [3.63, 3.8) is 0 Å². The molecule has 3 saturated carbocycles. The van der Waals surface area contributed by atoms with Crippen LogP contribution >= 0.6 is 0 Å². The lowest BCUT2D eigenvalue weighted by Gasteiger charge is -2.36. The van der Waals surface area contributed by atoms with Crippen molar-refractivity contribution in [2.75, 3.05) is 0 Å². The molecule has 110 valence electrons. The third-order valence-electron chi connectivity index (χ3n) is 5.28. The smallest absolute Gasteiger partial charge is 0.317 e. The van der Waals surface area contributed by atoms with E-state index in [0.29, 0.717) is 11.8 Å². The highest BCUT2D eigenvalue weighted by atomic mass is 16.6. The standard InChI is InChI=1S/C14H14N2O5/c17-15(18)7-1-4-13(12(5-7)16(19)20)21-14-9-3-2-8(9)10-6-11(10)14/h1,4-5,8-11,14H,2-3,6H2/t8-,9+,10-,11+,14+/m1/s1. The van der Waals surface area contributed by atoms with Gasteiger partial charge in [-0.2, -0.15) is 0 Å². The number of nitrogens with zero attached hydrogens (tertiary/aromatic N) is 2. The van der Waals surface area contributed by atoms with Crippen molar-refractivity contribution in [3.8, 4) is 5.75 Å². The van der Waals surface area contributed by atoms with Crippen molar-refractivity contribution < 1.29 is 14.6 Å². The molecule has 3 aliphatic carbocycles. The zero-order valence-electron chi connectivity index (χ0n) is 11.2. The van der Waals surface area contributed by atoms with Crippen LogP contribution in [0.5, 0.6) is 5.75 Å². The number of nitro benzene ring substituents is 2. The Morgan fingerprint density at radius 1 is 1.00 bits per heavy atom. The van der Waals surface area contributed by atoms with Crippen LogP contribution in [0.15, 0.2) is 18.2 Å². The lowest BCUT2D eigenvalue weighted by molar-refractivity contribution is -0.394. The van der Waals surface area contributed by atoms with Gasteiger partial charge in [-0.15, -0.1) is 0 Å². The third kappa shape index (κ3) is 1.80. The summed E-state index contributed by atoms with van der Waals surface area (Å²) in [4.78, 5) is 20.6. The molecule has 4 rings (SSSR count). The van der Waals surface area contributed by atoms with E-state index < -0.39 is 9.85 Å². The van der Waals surface area contributed by atoms with Crippen LogP contribution in [0.3, 0.4) is 0 Å². The second-order valence-corrected chi connectivity index (χ2v) is 6.22. The first-order valence-corrected chi connectivity index (χ1v) is 7.16. The third-order valence-corrected chi connectivity index (χ3v) is 5.28. The maximum absolute atomic E-state index is 11.1. The van der Waals surface area contributed by atoms with E-state index in [1.165, 1.54) is 18.6 Å². The van der Waals surface area contributed by atoms with E-state index in [0.717, 1.165) is 30.7 Å². The zero-order chi connectivity index (χ0) is 14.7. The molecule has 1 aromatic rings. The number of hydrogen-bond donors (Lipinski definition) is 0. The fraction of sp³-hybridized carbons (Fsp3) is 0.571. The molecule has 7 heteroatoms. The summed E-state index contributed by atoms with van der Waals surface area (Å²) < 4.78 is 5.93. The molecule has 0 spiro atoms. The fourth-order valence-corrected chi connectivity index (χ4v) is 4.10. The average Bonchev–Trinajstić information content (AvgIpc) is 3.12. The van der Waals surface area contributed by atoms with Crippen molar-refractivity contribution in [2.45, 2.75) is 25.4 Å². The van der Waals surface area contributed by atoms with E-state index >= 15 is 0 Å². The summed E-state index contributed by atoms with van der Waals surface area (Å²) in [5.74, 6) is 2.68. The van der Waals surface area contributed by atoms with Crippen LogP contribution < -0.4 is 4.74 Å². The lowest BCUT2D eigenvalue weighted by atomic mass is 9.72. The molecular weight excluding hydrogens is 276 g/mol. The first-order chi connectivity index (χ1) is 10.1. The highest BCUT2D eigenvalue weighted by Crippen LogP contribution is 2.66. The SMILES string of the molecule is O=[N+]([O-])c1ccc(O[C@@H]2[C@H]3C[C@@H]3[C@@H]3CC[C@@H]32)c([N+](=O)[O-])c1. The Morgan fingerprint density at radius 2 is 1.76 bits per heavy atom. The van der Waals surface area contributed by atoms with Crippen molar-refractivity contribution >= 4 is 11.4 Å². The molecule has 0 saturated heterocycles. The summed E-state index contributed by atoms with van der Waals surface area (Å²) in [6.07, 6.45) is 3.58. The van der Waals surface area contributed by atoms with Crippen LogP contribution in [-0.2, 0) is 0 Å². The van der Waals surface area contributed by atoms with Crippen LogP contribution in [0.4, 0.5) is 11.4 Å². The summed E-state index contributed by atoms with van der Waals surface area (Å²) in [6.45, 7) is 0. The zero-order valence-corrected chi connectivity index (χ0v) is 11.2. The second-order valence-electron chi connectivity index (χ2n) is 6.22. The Balaban J connectivity index is 1.62. The van der Waals surface area contributed by atoms with Crippen LogP contribution in [-0.4, -0.2) is 16.0 Å². The predicted molar refractivity (Wildman–Crippen MR) is 72.0 cm³/mol. The van der Waals surface area contributed by atoms with Crippen molar-refractivity contribution in [1.29, 1.82) is 0 Å². The van der Waals surface area contributed by atoms with E-state index in [-0.39, 0.29) is 23.2 Å². The minimum absolute atomic E-state index is 0.0499. The summed E-state index contributed by atoms with van der Waals surface area (Å²) in [7, 11) is 0. The molecule has 0 aliphatic heterocycles. The molecule has 7 nitrogen and oxygen atoms in total. The van der Waals surface area contributed by atoms with Crippen molar-refractivity contribution in [1.82, 2.24) is 0 Å². The number of benzene rings is 1. The molecule has 0 bridgehead atoms. The monoisotopic (exact) mass is 290 g/mol. The Labute approximate surface area is 120 Å². The van der Waals surface area contributed by atoms with E-state index in [2.05, 4.69) is 0 Å². The molecule has 0 heterocycles. The Bertz CT molecular complexity index is 646. The van der Waals surface area contributed by atoms with Gasteiger partial charge in [0.05, 0.1) is 15.9 Å². The number of ether oxygens (including phenoxy) is 1. The molecule has 1 aromatic carbocycles. The molecule has 0 N–H and O–H groups in total. The van der Waals surface area contributed by atoms with Gasteiger partial charge in [-0.25, -0.2) is 0 Å². The first-order valence-electron chi connectivity index (χ1n) is 7.16. The summed E-state index contributed by atoms with van der Waals surface area (Å²) >= 11 is 0. The largest absolute Gasteiger partial charge is 0.483 e. The number of non-ortho nitro benzene ring substituents is 1. The van der Waals surface area contributed by atoms with Gasteiger partial charge in [0.2, 0.25) is 0 Å². The number of rotatable bonds is 4. The molecule has 3 aliphatic rings. The van der Waals surface area contributed by atoms with Gasteiger partial charge in [-0.3, -0.25) is 20.2 Å². The Morgan fingerprint density at radius 3 is 2.33 bits per heavy atom. The number of fused-ring (bicyclic) bond motifs is 3.